The first-order chi connectivity index (χ1) is 13.3. The highest BCUT2D eigenvalue weighted by Gasteiger charge is 2.35. The van der Waals surface area contributed by atoms with Crippen LogP contribution in [0.5, 0.6) is 0 Å². The number of aryl methyl sites for hydroxylation is 1. The van der Waals surface area contributed by atoms with Gasteiger partial charge in [-0.25, -0.2) is 0 Å². The minimum atomic E-state index is -0.646. The van der Waals surface area contributed by atoms with Crippen molar-refractivity contribution in [2.24, 2.45) is 0 Å². The van der Waals surface area contributed by atoms with Gasteiger partial charge in [0.05, 0.1) is 6.04 Å². The van der Waals surface area contributed by atoms with E-state index in [2.05, 4.69) is 30.5 Å². The van der Waals surface area contributed by atoms with Crippen molar-refractivity contribution in [3.8, 4) is 0 Å². The van der Waals surface area contributed by atoms with Crippen molar-refractivity contribution in [3.63, 3.8) is 0 Å². The first-order valence-corrected chi connectivity index (χ1v) is 11.0. The van der Waals surface area contributed by atoms with Gasteiger partial charge in [0.15, 0.2) is 0 Å². The summed E-state index contributed by atoms with van der Waals surface area (Å²) >= 11 is 7.77. The average Bonchev–Trinajstić information content (AvgIpc) is 3.13. The Bertz CT molecular complexity index is 862. The number of thiophene rings is 1. The molecule has 2 aromatic rings. The third-order valence-electron chi connectivity index (χ3n) is 5.32. The molecule has 0 radical (unpaired) electrons. The van der Waals surface area contributed by atoms with Crippen LogP contribution in [-0.2, 0) is 16.0 Å². The van der Waals surface area contributed by atoms with E-state index in [1.807, 2.05) is 30.9 Å². The molecule has 6 heteroatoms. The molecule has 1 aromatic heterocycles. The second kappa shape index (κ2) is 8.66. The van der Waals surface area contributed by atoms with Crippen LogP contribution in [0.2, 0.25) is 0 Å². The molecule has 1 aliphatic rings. The van der Waals surface area contributed by atoms with E-state index in [-0.39, 0.29) is 30.4 Å². The normalized spacial score (nSPS) is 17.4. The van der Waals surface area contributed by atoms with E-state index in [9.17, 15) is 9.59 Å². The molecule has 0 fully saturated rings. The monoisotopic (exact) mass is 418 g/mol. The van der Waals surface area contributed by atoms with E-state index < -0.39 is 5.38 Å². The molecule has 150 valence electrons. The Labute approximate surface area is 176 Å². The Balaban J connectivity index is 1.94. The van der Waals surface area contributed by atoms with Gasteiger partial charge in [-0.2, -0.15) is 0 Å². The van der Waals surface area contributed by atoms with Crippen molar-refractivity contribution in [1.82, 2.24) is 9.80 Å². The van der Waals surface area contributed by atoms with E-state index in [4.69, 9.17) is 11.6 Å². The van der Waals surface area contributed by atoms with Crippen LogP contribution in [0.25, 0.3) is 0 Å². The maximum Gasteiger partial charge on any atom is 0.243 e. The van der Waals surface area contributed by atoms with Gasteiger partial charge in [0.2, 0.25) is 11.8 Å². The van der Waals surface area contributed by atoms with Crippen LogP contribution in [0.4, 0.5) is 0 Å². The lowest BCUT2D eigenvalue weighted by atomic mass is 9.90. The van der Waals surface area contributed by atoms with Crippen molar-refractivity contribution >= 4 is 34.8 Å². The molecule has 0 N–H and O–H groups in total. The van der Waals surface area contributed by atoms with Crippen LogP contribution >= 0.6 is 22.9 Å². The maximum atomic E-state index is 13.4. The van der Waals surface area contributed by atoms with Gasteiger partial charge in [0.1, 0.15) is 11.9 Å². The molecule has 28 heavy (non-hydrogen) atoms. The molecule has 4 nitrogen and oxygen atoms in total. The number of halogens is 1. The molecule has 3 rings (SSSR count). The lowest BCUT2D eigenvalue weighted by Gasteiger charge is -2.39. The highest BCUT2D eigenvalue weighted by atomic mass is 35.5. The van der Waals surface area contributed by atoms with Gasteiger partial charge in [-0.05, 0) is 62.3 Å². The summed E-state index contributed by atoms with van der Waals surface area (Å²) in [6.07, 6.45) is 0.850. The molecule has 2 amide bonds. The maximum absolute atomic E-state index is 13.4. The molecule has 0 unspecified atom stereocenters. The van der Waals surface area contributed by atoms with E-state index in [1.54, 1.807) is 23.2 Å². The third kappa shape index (κ3) is 4.11. The molecular formula is C22H27ClN2O2S. The minimum absolute atomic E-state index is 0.0375. The quantitative estimate of drug-likeness (QED) is 0.675. The van der Waals surface area contributed by atoms with Crippen molar-refractivity contribution in [3.05, 3.63) is 57.3 Å². The van der Waals surface area contributed by atoms with Crippen LogP contribution < -0.4 is 0 Å². The van der Waals surface area contributed by atoms with Crippen LogP contribution in [0, 0.1) is 6.92 Å². The lowest BCUT2D eigenvalue weighted by molar-refractivity contribution is -0.142. The SMILES string of the molecule is Cc1ccccc1[C@@H]1c2ccsc2CCN1C(=O)CN(C(=O)[C@H](C)Cl)C(C)C. The number of fused-ring (bicyclic) bond motifs is 1. The number of carbonyl (C=O) groups is 2. The Kier molecular flexibility index (Phi) is 6.46. The molecule has 2 atom stereocenters. The summed E-state index contributed by atoms with van der Waals surface area (Å²) in [5, 5.41) is 1.45. The van der Waals surface area contributed by atoms with Crippen LogP contribution in [0.1, 0.15) is 48.4 Å². The minimum Gasteiger partial charge on any atom is -0.330 e. The van der Waals surface area contributed by atoms with E-state index in [0.717, 1.165) is 17.5 Å². The summed E-state index contributed by atoms with van der Waals surface area (Å²) in [6, 6.07) is 10.1. The van der Waals surface area contributed by atoms with Crippen molar-refractivity contribution in [2.75, 3.05) is 13.1 Å². The number of benzene rings is 1. The zero-order valence-corrected chi connectivity index (χ0v) is 18.4. The Morgan fingerprint density at radius 1 is 1.21 bits per heavy atom. The summed E-state index contributed by atoms with van der Waals surface area (Å²) in [6.45, 7) is 8.26. The Morgan fingerprint density at radius 2 is 1.93 bits per heavy atom. The topological polar surface area (TPSA) is 40.6 Å². The highest BCUT2D eigenvalue weighted by molar-refractivity contribution is 7.10. The lowest BCUT2D eigenvalue weighted by Crippen LogP contribution is -2.50. The van der Waals surface area contributed by atoms with Crippen molar-refractivity contribution < 1.29 is 9.59 Å². The molecule has 1 aromatic carbocycles. The predicted molar refractivity (Wildman–Crippen MR) is 115 cm³/mol. The smallest absolute Gasteiger partial charge is 0.243 e. The van der Waals surface area contributed by atoms with Crippen LogP contribution in [-0.4, -0.2) is 46.1 Å². The summed E-state index contributed by atoms with van der Waals surface area (Å²) < 4.78 is 0. The standard InChI is InChI=1S/C22H27ClN2O2S/c1-14(2)25(22(27)16(4)23)13-20(26)24-11-9-19-18(10-12-28-19)21(24)17-8-6-5-7-15(17)3/h5-8,10,12,14,16,21H,9,11,13H2,1-4H3/t16-,21+/m0/s1. The number of rotatable bonds is 5. The molecule has 0 saturated heterocycles. The first-order valence-electron chi connectivity index (χ1n) is 9.67. The predicted octanol–water partition coefficient (Wildman–Crippen LogP) is 4.39. The number of carbonyl (C=O) groups excluding carboxylic acids is 2. The highest BCUT2D eigenvalue weighted by Crippen LogP contribution is 2.39. The molecule has 2 heterocycles. The number of nitrogens with zero attached hydrogens (tertiary/aromatic N) is 2. The van der Waals surface area contributed by atoms with Gasteiger partial charge in [-0.3, -0.25) is 9.59 Å². The number of alkyl halides is 1. The summed E-state index contributed by atoms with van der Waals surface area (Å²) in [5.41, 5.74) is 3.51. The van der Waals surface area contributed by atoms with Gasteiger partial charge in [-0.15, -0.1) is 22.9 Å². The molecular weight excluding hydrogens is 392 g/mol. The second-order valence-electron chi connectivity index (χ2n) is 7.57. The van der Waals surface area contributed by atoms with Gasteiger partial charge >= 0.3 is 0 Å². The largest absolute Gasteiger partial charge is 0.330 e. The zero-order chi connectivity index (χ0) is 20.4. The fraction of sp³-hybridized carbons (Fsp3) is 0.455. The van der Waals surface area contributed by atoms with Crippen molar-refractivity contribution in [1.29, 1.82) is 0 Å². The van der Waals surface area contributed by atoms with Gasteiger partial charge in [-0.1, -0.05) is 24.3 Å². The second-order valence-corrected chi connectivity index (χ2v) is 9.23. The van der Waals surface area contributed by atoms with Crippen LogP contribution in [0.15, 0.2) is 35.7 Å². The van der Waals surface area contributed by atoms with E-state index in [0.29, 0.717) is 6.54 Å². The van der Waals surface area contributed by atoms with E-state index in [1.165, 1.54) is 10.4 Å². The zero-order valence-electron chi connectivity index (χ0n) is 16.8. The van der Waals surface area contributed by atoms with Gasteiger partial charge < -0.3 is 9.80 Å². The van der Waals surface area contributed by atoms with Gasteiger partial charge in [0.25, 0.3) is 0 Å². The number of amides is 2. The fourth-order valence-corrected chi connectivity index (χ4v) is 4.82. The Hall–Kier alpha value is -1.85. The fourth-order valence-electron chi connectivity index (χ4n) is 3.79. The third-order valence-corrected chi connectivity index (χ3v) is 6.50. The van der Waals surface area contributed by atoms with Crippen LogP contribution in [0.3, 0.4) is 0 Å². The summed E-state index contributed by atoms with van der Waals surface area (Å²) in [4.78, 5) is 30.7. The average molecular weight is 419 g/mol. The molecule has 0 saturated carbocycles. The summed E-state index contributed by atoms with van der Waals surface area (Å²) in [5.74, 6) is -0.241. The molecule has 0 aliphatic carbocycles. The molecule has 0 bridgehead atoms. The van der Waals surface area contributed by atoms with E-state index >= 15 is 0 Å². The number of hydrogen-bond donors (Lipinski definition) is 0. The van der Waals surface area contributed by atoms with Crippen molar-refractivity contribution in [2.45, 2.75) is 51.6 Å². The Morgan fingerprint density at radius 3 is 2.57 bits per heavy atom. The van der Waals surface area contributed by atoms with Gasteiger partial charge in [0, 0.05) is 17.5 Å². The number of hydrogen-bond acceptors (Lipinski definition) is 3. The first kappa shape index (κ1) is 20.9. The summed E-state index contributed by atoms with van der Waals surface area (Å²) in [7, 11) is 0. The molecule has 1 aliphatic heterocycles. The molecule has 0 spiro atoms.